The summed E-state index contributed by atoms with van der Waals surface area (Å²) in [5, 5.41) is 0.742. The van der Waals surface area contributed by atoms with Gasteiger partial charge in [0.15, 0.2) is 0 Å². The lowest BCUT2D eigenvalue weighted by Crippen LogP contribution is -2.32. The Kier molecular flexibility index (Phi) is 4.24. The highest BCUT2D eigenvalue weighted by Gasteiger charge is 2.30. The van der Waals surface area contributed by atoms with Gasteiger partial charge in [-0.2, -0.15) is 0 Å². The number of hydrogen-bond acceptors (Lipinski definition) is 3. The predicted octanol–water partition coefficient (Wildman–Crippen LogP) is 1.32. The van der Waals surface area contributed by atoms with Crippen molar-refractivity contribution < 1.29 is 9.31 Å². The van der Waals surface area contributed by atoms with Crippen LogP contribution in [0.5, 0.6) is 0 Å². The zero-order valence-corrected chi connectivity index (χ0v) is 9.87. The Bertz CT molecular complexity index is 362. The maximum atomic E-state index is 5.91. The molecule has 0 saturated heterocycles. The summed E-state index contributed by atoms with van der Waals surface area (Å²) in [4.78, 5) is 0. The van der Waals surface area contributed by atoms with E-state index in [1.165, 1.54) is 0 Å². The van der Waals surface area contributed by atoms with Crippen molar-refractivity contribution in [2.75, 3.05) is 13.2 Å². The molecule has 86 valence electrons. The smallest absolute Gasteiger partial charge is 0.407 e. The number of fused-ring (bicyclic) bond motifs is 1. The first-order valence-corrected chi connectivity index (χ1v) is 5.90. The van der Waals surface area contributed by atoms with Crippen molar-refractivity contribution in [1.82, 2.24) is 0 Å². The first-order valence-electron chi connectivity index (χ1n) is 5.53. The molecule has 0 atom stereocenters. The minimum Gasteiger partial charge on any atom is -0.407 e. The van der Waals surface area contributed by atoms with E-state index in [0.29, 0.717) is 19.8 Å². The van der Waals surface area contributed by atoms with Gasteiger partial charge in [-0.25, -0.2) is 0 Å². The fourth-order valence-corrected chi connectivity index (χ4v) is 1.95. The lowest BCUT2D eigenvalue weighted by molar-refractivity contribution is 0.208. The molecule has 2 rings (SSSR count). The fraction of sp³-hybridized carbons (Fsp3) is 0.455. The summed E-state index contributed by atoms with van der Waals surface area (Å²) in [6.07, 6.45) is 1.96. The van der Waals surface area contributed by atoms with Gasteiger partial charge >= 0.3 is 7.12 Å². The third-order valence-electron chi connectivity index (χ3n) is 2.62. The van der Waals surface area contributed by atoms with Crippen LogP contribution in [0.4, 0.5) is 0 Å². The molecule has 0 bridgehead atoms. The standard InChI is InChI=1S/C11H15BClNO2/c13-10-3-4-11-9(7-10)8-16-12(11)15-6-2-1-5-14/h3-4,7H,1-2,5-6,8,14H2. The number of halogens is 1. The normalized spacial score (nSPS) is 14.2. The molecule has 0 aliphatic carbocycles. The molecule has 0 saturated carbocycles. The van der Waals surface area contributed by atoms with Crippen LogP contribution < -0.4 is 11.2 Å². The monoisotopic (exact) mass is 239 g/mol. The molecule has 0 radical (unpaired) electrons. The van der Waals surface area contributed by atoms with Crippen LogP contribution in [0, 0.1) is 0 Å². The highest BCUT2D eigenvalue weighted by molar-refractivity contribution is 6.62. The highest BCUT2D eigenvalue weighted by Crippen LogP contribution is 2.16. The van der Waals surface area contributed by atoms with Gasteiger partial charge in [-0.3, -0.25) is 0 Å². The molecule has 1 aromatic carbocycles. The van der Waals surface area contributed by atoms with E-state index in [1.807, 2.05) is 18.2 Å². The van der Waals surface area contributed by atoms with Crippen LogP contribution in [0.1, 0.15) is 18.4 Å². The first kappa shape index (κ1) is 11.9. The average molecular weight is 240 g/mol. The summed E-state index contributed by atoms with van der Waals surface area (Å²) < 4.78 is 11.2. The first-order chi connectivity index (χ1) is 7.81. The molecule has 0 unspecified atom stereocenters. The van der Waals surface area contributed by atoms with Crippen molar-refractivity contribution in [3.63, 3.8) is 0 Å². The molecule has 1 heterocycles. The van der Waals surface area contributed by atoms with Gasteiger partial charge in [0.05, 0.1) is 6.61 Å². The van der Waals surface area contributed by atoms with Gasteiger partial charge in [-0.05, 0) is 42.5 Å². The summed E-state index contributed by atoms with van der Waals surface area (Å²) >= 11 is 5.91. The topological polar surface area (TPSA) is 44.5 Å². The second kappa shape index (κ2) is 5.68. The molecule has 0 spiro atoms. The minimum absolute atomic E-state index is 0.231. The van der Waals surface area contributed by atoms with Crippen molar-refractivity contribution in [3.8, 4) is 0 Å². The van der Waals surface area contributed by atoms with Crippen LogP contribution in [0.2, 0.25) is 5.02 Å². The lowest BCUT2D eigenvalue weighted by atomic mass is 9.79. The molecular formula is C11H15BClNO2. The van der Waals surface area contributed by atoms with E-state index in [1.54, 1.807) is 0 Å². The third-order valence-corrected chi connectivity index (χ3v) is 2.85. The molecule has 3 nitrogen and oxygen atoms in total. The van der Waals surface area contributed by atoms with Crippen LogP contribution in [-0.2, 0) is 15.9 Å². The highest BCUT2D eigenvalue weighted by atomic mass is 35.5. The molecule has 2 N–H and O–H groups in total. The van der Waals surface area contributed by atoms with Crippen LogP contribution >= 0.6 is 11.6 Å². The van der Waals surface area contributed by atoms with Gasteiger partial charge < -0.3 is 15.0 Å². The zero-order valence-electron chi connectivity index (χ0n) is 9.12. The number of nitrogens with two attached hydrogens (primary N) is 1. The van der Waals surface area contributed by atoms with Crippen LogP contribution in [0.25, 0.3) is 0 Å². The summed E-state index contributed by atoms with van der Waals surface area (Å²) in [7, 11) is -0.231. The quantitative estimate of drug-likeness (QED) is 0.623. The SMILES string of the molecule is NCCCCOB1OCc2cc(Cl)ccc21. The average Bonchev–Trinajstić information content (AvgIpc) is 2.67. The summed E-state index contributed by atoms with van der Waals surface area (Å²) in [6.45, 7) is 1.97. The van der Waals surface area contributed by atoms with Gasteiger partial charge in [-0.1, -0.05) is 17.7 Å². The number of hydrogen-bond donors (Lipinski definition) is 1. The summed E-state index contributed by atoms with van der Waals surface area (Å²) in [5.41, 5.74) is 7.63. The predicted molar refractivity (Wildman–Crippen MR) is 65.9 cm³/mol. The van der Waals surface area contributed by atoms with E-state index in [0.717, 1.165) is 28.9 Å². The molecule has 5 heteroatoms. The fourth-order valence-electron chi connectivity index (χ4n) is 1.76. The third kappa shape index (κ3) is 2.77. The van der Waals surface area contributed by atoms with E-state index in [4.69, 9.17) is 26.6 Å². The summed E-state index contributed by atoms with van der Waals surface area (Å²) in [6, 6.07) is 5.77. The van der Waals surface area contributed by atoms with E-state index in [9.17, 15) is 0 Å². The molecule has 0 fully saturated rings. The van der Waals surface area contributed by atoms with E-state index in [2.05, 4.69) is 0 Å². The van der Waals surface area contributed by atoms with Crippen LogP contribution in [0.15, 0.2) is 18.2 Å². The largest absolute Gasteiger partial charge is 0.494 e. The number of unbranched alkanes of at least 4 members (excludes halogenated alkanes) is 1. The van der Waals surface area contributed by atoms with Gasteiger partial charge in [0.25, 0.3) is 0 Å². The van der Waals surface area contributed by atoms with Crippen molar-refractivity contribution >= 4 is 24.2 Å². The van der Waals surface area contributed by atoms with Gasteiger partial charge in [-0.15, -0.1) is 0 Å². The van der Waals surface area contributed by atoms with E-state index >= 15 is 0 Å². The van der Waals surface area contributed by atoms with Crippen molar-refractivity contribution in [2.24, 2.45) is 5.73 Å². The van der Waals surface area contributed by atoms with Crippen molar-refractivity contribution in [2.45, 2.75) is 19.4 Å². The molecule has 0 amide bonds. The Morgan fingerprint density at radius 1 is 1.44 bits per heavy atom. The molecule has 1 aliphatic heterocycles. The lowest BCUT2D eigenvalue weighted by Gasteiger charge is -2.07. The molecule has 1 aromatic rings. The maximum absolute atomic E-state index is 5.91. The Labute approximate surface area is 101 Å². The molecule has 16 heavy (non-hydrogen) atoms. The number of benzene rings is 1. The maximum Gasteiger partial charge on any atom is 0.494 e. The zero-order chi connectivity index (χ0) is 11.4. The molecule has 0 aromatic heterocycles. The van der Waals surface area contributed by atoms with Crippen molar-refractivity contribution in [3.05, 3.63) is 28.8 Å². The Morgan fingerprint density at radius 2 is 2.31 bits per heavy atom. The Morgan fingerprint density at radius 3 is 3.12 bits per heavy atom. The second-order valence-electron chi connectivity index (χ2n) is 3.85. The Hall–Kier alpha value is -0.545. The van der Waals surface area contributed by atoms with Gasteiger partial charge in [0, 0.05) is 11.6 Å². The van der Waals surface area contributed by atoms with E-state index < -0.39 is 0 Å². The van der Waals surface area contributed by atoms with Crippen LogP contribution in [-0.4, -0.2) is 20.3 Å². The Balaban J connectivity index is 1.91. The minimum atomic E-state index is -0.231. The molecule has 1 aliphatic rings. The number of rotatable bonds is 5. The molecular weight excluding hydrogens is 224 g/mol. The summed E-state index contributed by atoms with van der Waals surface area (Å²) in [5.74, 6) is 0. The van der Waals surface area contributed by atoms with Crippen LogP contribution in [0.3, 0.4) is 0 Å². The van der Waals surface area contributed by atoms with Gasteiger partial charge in [0.2, 0.25) is 0 Å². The van der Waals surface area contributed by atoms with Gasteiger partial charge in [0.1, 0.15) is 0 Å². The van der Waals surface area contributed by atoms with E-state index in [-0.39, 0.29) is 7.12 Å². The second-order valence-corrected chi connectivity index (χ2v) is 4.29. The van der Waals surface area contributed by atoms with Crippen molar-refractivity contribution in [1.29, 1.82) is 0 Å².